The lowest BCUT2D eigenvalue weighted by Crippen LogP contribution is -2.47. The first kappa shape index (κ1) is 22.2. The lowest BCUT2D eigenvalue weighted by Gasteiger charge is -2.29. The highest BCUT2D eigenvalue weighted by Gasteiger charge is 2.25. The van der Waals surface area contributed by atoms with Crippen LogP contribution in [0, 0.1) is 6.92 Å². The van der Waals surface area contributed by atoms with E-state index in [2.05, 4.69) is 45.5 Å². The van der Waals surface area contributed by atoms with E-state index in [4.69, 9.17) is 0 Å². The van der Waals surface area contributed by atoms with Crippen molar-refractivity contribution in [1.29, 1.82) is 0 Å². The van der Waals surface area contributed by atoms with Crippen LogP contribution < -0.4 is 5.32 Å². The summed E-state index contributed by atoms with van der Waals surface area (Å²) in [5.41, 5.74) is 3.32. The SMILES string of the molecule is CCCNC(=O)C(C)N(Cc1cccc(Br)c1)C(=O)CCc1ccc(C)cc1. The average Bonchev–Trinajstić information content (AvgIpc) is 2.69. The maximum atomic E-state index is 13.0. The van der Waals surface area contributed by atoms with Gasteiger partial charge in [0.15, 0.2) is 0 Å². The average molecular weight is 445 g/mol. The molecule has 4 nitrogen and oxygen atoms in total. The Balaban J connectivity index is 2.12. The molecule has 0 bridgehead atoms. The van der Waals surface area contributed by atoms with Gasteiger partial charge in [-0.2, -0.15) is 0 Å². The van der Waals surface area contributed by atoms with Crippen LogP contribution in [0.4, 0.5) is 0 Å². The van der Waals surface area contributed by atoms with Gasteiger partial charge in [0.05, 0.1) is 0 Å². The van der Waals surface area contributed by atoms with Gasteiger partial charge in [0, 0.05) is 24.0 Å². The number of rotatable bonds is 9. The standard InChI is InChI=1S/C23H29BrN2O2/c1-4-14-25-23(28)18(3)26(16-20-6-5-7-21(24)15-20)22(27)13-12-19-10-8-17(2)9-11-19/h5-11,15,18H,4,12-14,16H2,1-3H3,(H,25,28). The third-order valence-electron chi connectivity index (χ3n) is 4.71. The normalized spacial score (nSPS) is 11.7. The van der Waals surface area contributed by atoms with E-state index in [1.54, 1.807) is 11.8 Å². The van der Waals surface area contributed by atoms with Gasteiger partial charge in [-0.15, -0.1) is 0 Å². The molecule has 0 saturated carbocycles. The molecule has 0 aromatic heterocycles. The van der Waals surface area contributed by atoms with Crippen LogP contribution in [0.15, 0.2) is 53.0 Å². The van der Waals surface area contributed by atoms with Crippen molar-refractivity contribution in [3.63, 3.8) is 0 Å². The predicted molar refractivity (Wildman–Crippen MR) is 117 cm³/mol. The molecule has 0 saturated heterocycles. The Labute approximate surface area is 176 Å². The van der Waals surface area contributed by atoms with Gasteiger partial charge < -0.3 is 10.2 Å². The van der Waals surface area contributed by atoms with Gasteiger partial charge in [0.1, 0.15) is 6.04 Å². The zero-order valence-electron chi connectivity index (χ0n) is 16.9. The van der Waals surface area contributed by atoms with Crippen LogP contribution in [0.2, 0.25) is 0 Å². The summed E-state index contributed by atoms with van der Waals surface area (Å²) in [7, 11) is 0. The Bertz CT molecular complexity index is 789. The Morgan fingerprint density at radius 2 is 1.82 bits per heavy atom. The van der Waals surface area contributed by atoms with Gasteiger partial charge in [-0.1, -0.05) is 64.8 Å². The fraction of sp³-hybridized carbons (Fsp3) is 0.391. The third kappa shape index (κ3) is 6.79. The number of hydrogen-bond donors (Lipinski definition) is 1. The molecule has 2 rings (SSSR count). The maximum Gasteiger partial charge on any atom is 0.242 e. The molecule has 0 aliphatic rings. The van der Waals surface area contributed by atoms with Crippen molar-refractivity contribution < 1.29 is 9.59 Å². The molecule has 150 valence electrons. The van der Waals surface area contributed by atoms with Crippen molar-refractivity contribution in [2.24, 2.45) is 0 Å². The molecule has 0 aliphatic heterocycles. The number of carbonyl (C=O) groups is 2. The van der Waals surface area contributed by atoms with Gasteiger partial charge >= 0.3 is 0 Å². The van der Waals surface area contributed by atoms with Crippen molar-refractivity contribution >= 4 is 27.7 Å². The number of carbonyl (C=O) groups excluding carboxylic acids is 2. The van der Waals surface area contributed by atoms with Gasteiger partial charge in [-0.05, 0) is 49.9 Å². The van der Waals surface area contributed by atoms with E-state index in [1.165, 1.54) is 5.56 Å². The van der Waals surface area contributed by atoms with Crippen molar-refractivity contribution in [3.8, 4) is 0 Å². The first-order chi connectivity index (χ1) is 13.4. The Morgan fingerprint density at radius 1 is 1.11 bits per heavy atom. The molecule has 28 heavy (non-hydrogen) atoms. The minimum absolute atomic E-state index is 0.0142. The number of nitrogens with zero attached hydrogens (tertiary/aromatic N) is 1. The lowest BCUT2D eigenvalue weighted by molar-refractivity contribution is -0.140. The number of aryl methyl sites for hydroxylation is 2. The highest BCUT2D eigenvalue weighted by molar-refractivity contribution is 9.10. The highest BCUT2D eigenvalue weighted by Crippen LogP contribution is 2.17. The molecule has 0 fully saturated rings. The monoisotopic (exact) mass is 444 g/mol. The zero-order chi connectivity index (χ0) is 20.5. The lowest BCUT2D eigenvalue weighted by atomic mass is 10.1. The first-order valence-corrected chi connectivity index (χ1v) is 10.6. The molecule has 0 heterocycles. The molecule has 2 aromatic rings. The van der Waals surface area contributed by atoms with E-state index in [0.717, 1.165) is 22.0 Å². The van der Waals surface area contributed by atoms with Gasteiger partial charge in [-0.25, -0.2) is 0 Å². The smallest absolute Gasteiger partial charge is 0.242 e. The zero-order valence-corrected chi connectivity index (χ0v) is 18.5. The Hall–Kier alpha value is -2.14. The highest BCUT2D eigenvalue weighted by atomic mass is 79.9. The minimum Gasteiger partial charge on any atom is -0.354 e. The molecule has 1 atom stereocenters. The van der Waals surface area contributed by atoms with Crippen LogP contribution >= 0.6 is 15.9 Å². The molecular formula is C23H29BrN2O2. The maximum absolute atomic E-state index is 13.0. The van der Waals surface area contributed by atoms with Crippen LogP contribution in [0.25, 0.3) is 0 Å². The van der Waals surface area contributed by atoms with Gasteiger partial charge in [0.2, 0.25) is 11.8 Å². The second kappa shape index (κ2) is 11.0. The van der Waals surface area contributed by atoms with E-state index >= 15 is 0 Å². The van der Waals surface area contributed by atoms with Gasteiger partial charge in [-0.3, -0.25) is 9.59 Å². The van der Waals surface area contributed by atoms with Crippen molar-refractivity contribution in [2.45, 2.75) is 52.6 Å². The summed E-state index contributed by atoms with van der Waals surface area (Å²) in [6.07, 6.45) is 1.91. The molecular weight excluding hydrogens is 416 g/mol. The third-order valence-corrected chi connectivity index (χ3v) is 5.20. The summed E-state index contributed by atoms with van der Waals surface area (Å²) in [5.74, 6) is -0.125. The predicted octanol–water partition coefficient (Wildman–Crippen LogP) is 4.63. The summed E-state index contributed by atoms with van der Waals surface area (Å²) in [6.45, 7) is 6.88. The molecule has 2 amide bonds. The first-order valence-electron chi connectivity index (χ1n) is 9.78. The van der Waals surface area contributed by atoms with Crippen molar-refractivity contribution in [1.82, 2.24) is 10.2 Å². The van der Waals surface area contributed by atoms with Crippen LogP contribution in [0.3, 0.4) is 0 Å². The van der Waals surface area contributed by atoms with Crippen LogP contribution in [-0.2, 0) is 22.6 Å². The molecule has 1 unspecified atom stereocenters. The summed E-state index contributed by atoms with van der Waals surface area (Å²) < 4.78 is 0.958. The summed E-state index contributed by atoms with van der Waals surface area (Å²) in [5, 5.41) is 2.90. The van der Waals surface area contributed by atoms with Crippen LogP contribution in [0.1, 0.15) is 43.4 Å². The minimum atomic E-state index is -0.518. The van der Waals surface area contributed by atoms with Crippen molar-refractivity contribution in [3.05, 3.63) is 69.7 Å². The number of amides is 2. The van der Waals surface area contributed by atoms with E-state index in [9.17, 15) is 9.59 Å². The Kier molecular flexibility index (Phi) is 8.71. The van der Waals surface area contributed by atoms with Crippen LogP contribution in [-0.4, -0.2) is 29.3 Å². The quantitative estimate of drug-likeness (QED) is 0.612. The Morgan fingerprint density at radius 3 is 2.46 bits per heavy atom. The largest absolute Gasteiger partial charge is 0.354 e. The van der Waals surface area contributed by atoms with E-state index in [1.807, 2.05) is 38.1 Å². The summed E-state index contributed by atoms with van der Waals surface area (Å²) in [6, 6.07) is 15.5. The van der Waals surface area contributed by atoms with Crippen molar-refractivity contribution in [2.75, 3.05) is 6.54 Å². The molecule has 0 spiro atoms. The van der Waals surface area contributed by atoms with Crippen LogP contribution in [0.5, 0.6) is 0 Å². The fourth-order valence-corrected chi connectivity index (χ4v) is 3.41. The molecule has 0 radical (unpaired) electrons. The van der Waals surface area contributed by atoms with E-state index < -0.39 is 6.04 Å². The second-order valence-electron chi connectivity index (χ2n) is 7.10. The number of hydrogen-bond acceptors (Lipinski definition) is 2. The second-order valence-corrected chi connectivity index (χ2v) is 8.02. The number of halogens is 1. The number of nitrogens with one attached hydrogen (secondary N) is 1. The molecule has 1 N–H and O–H groups in total. The summed E-state index contributed by atoms with van der Waals surface area (Å²) >= 11 is 3.47. The molecule has 0 aliphatic carbocycles. The van der Waals surface area contributed by atoms with E-state index in [0.29, 0.717) is 25.9 Å². The summed E-state index contributed by atoms with van der Waals surface area (Å²) in [4.78, 5) is 27.2. The fourth-order valence-electron chi connectivity index (χ4n) is 2.96. The van der Waals surface area contributed by atoms with Gasteiger partial charge in [0.25, 0.3) is 0 Å². The molecule has 5 heteroatoms. The molecule has 2 aromatic carbocycles. The number of benzene rings is 2. The topological polar surface area (TPSA) is 49.4 Å². The van der Waals surface area contributed by atoms with E-state index in [-0.39, 0.29) is 11.8 Å².